The van der Waals surface area contributed by atoms with Crippen molar-refractivity contribution in [3.05, 3.63) is 54.1 Å². The summed E-state index contributed by atoms with van der Waals surface area (Å²) >= 11 is 0. The molecule has 9 heteroatoms. The number of hydrogen-bond acceptors (Lipinski definition) is 6. The summed E-state index contributed by atoms with van der Waals surface area (Å²) < 4.78 is 0. The van der Waals surface area contributed by atoms with Crippen LogP contribution in [0.25, 0.3) is 10.9 Å². The molecule has 1 N–H and O–H groups in total. The third-order valence-corrected chi connectivity index (χ3v) is 6.09. The Kier molecular flexibility index (Phi) is 4.65. The number of benzene rings is 1. The van der Waals surface area contributed by atoms with Crippen LogP contribution in [0.4, 0.5) is 11.5 Å². The summed E-state index contributed by atoms with van der Waals surface area (Å²) in [4.78, 5) is 39.9. The molecule has 0 bridgehead atoms. The molecule has 0 aliphatic carbocycles. The Morgan fingerprint density at radius 2 is 1.97 bits per heavy atom. The van der Waals surface area contributed by atoms with Crippen LogP contribution >= 0.6 is 0 Å². The van der Waals surface area contributed by atoms with E-state index in [-0.39, 0.29) is 11.8 Å². The molecule has 2 aliphatic rings. The van der Waals surface area contributed by atoms with Crippen molar-refractivity contribution in [2.24, 2.45) is 0 Å². The molecule has 1 fully saturated rings. The minimum Gasteiger partial charge on any atom is -0.353 e. The van der Waals surface area contributed by atoms with Gasteiger partial charge in [-0.2, -0.15) is 5.10 Å². The summed E-state index contributed by atoms with van der Waals surface area (Å²) in [6.07, 6.45) is 5.23. The number of anilines is 2. The van der Waals surface area contributed by atoms with E-state index in [2.05, 4.69) is 31.6 Å². The Labute approximate surface area is 179 Å². The van der Waals surface area contributed by atoms with Gasteiger partial charge in [-0.3, -0.25) is 14.7 Å². The number of hydrogen-bond donors (Lipinski definition) is 1. The maximum absolute atomic E-state index is 13.5. The lowest BCUT2D eigenvalue weighted by Crippen LogP contribution is -2.49. The third-order valence-electron chi connectivity index (χ3n) is 6.09. The number of aromatic amines is 1. The van der Waals surface area contributed by atoms with Gasteiger partial charge in [0.2, 0.25) is 5.91 Å². The van der Waals surface area contributed by atoms with E-state index in [1.54, 1.807) is 16.0 Å². The minimum absolute atomic E-state index is 0.0565. The second-order valence-electron chi connectivity index (χ2n) is 7.81. The van der Waals surface area contributed by atoms with Crippen LogP contribution in [0.1, 0.15) is 21.6 Å². The summed E-state index contributed by atoms with van der Waals surface area (Å²) in [7, 11) is 0. The number of carbonyl (C=O) groups is 2. The van der Waals surface area contributed by atoms with Crippen molar-refractivity contribution in [3.63, 3.8) is 0 Å². The van der Waals surface area contributed by atoms with Crippen LogP contribution in [-0.4, -0.2) is 69.6 Å². The Balaban J connectivity index is 1.45. The molecular weight excluding hydrogens is 394 g/mol. The van der Waals surface area contributed by atoms with Crippen molar-refractivity contribution in [2.75, 3.05) is 42.5 Å². The Bertz CT molecular complexity index is 1190. The Morgan fingerprint density at radius 3 is 2.74 bits per heavy atom. The minimum atomic E-state index is -0.123. The number of amides is 2. The zero-order valence-corrected chi connectivity index (χ0v) is 17.3. The lowest BCUT2D eigenvalue weighted by Gasteiger charge is -2.37. The van der Waals surface area contributed by atoms with E-state index in [1.807, 2.05) is 19.1 Å². The van der Waals surface area contributed by atoms with Gasteiger partial charge in [-0.05, 0) is 31.1 Å². The van der Waals surface area contributed by atoms with Crippen molar-refractivity contribution in [1.82, 2.24) is 25.1 Å². The molecule has 2 amide bonds. The SMILES string of the molecule is C=CC(=O)N1CCN(c2ncnc3c2CCN(c2c(C)ccc4[nH]ncc24)C3=O)CC1. The molecule has 31 heavy (non-hydrogen) atoms. The van der Waals surface area contributed by atoms with Gasteiger partial charge < -0.3 is 14.7 Å². The van der Waals surface area contributed by atoms with Gasteiger partial charge in [-0.15, -0.1) is 0 Å². The molecule has 0 spiro atoms. The highest BCUT2D eigenvalue weighted by Gasteiger charge is 2.33. The first-order valence-electron chi connectivity index (χ1n) is 10.3. The summed E-state index contributed by atoms with van der Waals surface area (Å²) in [5.74, 6) is 0.614. The van der Waals surface area contributed by atoms with Gasteiger partial charge in [-0.1, -0.05) is 12.6 Å². The molecular formula is C22H23N7O2. The number of aromatic nitrogens is 4. The molecule has 2 aromatic heterocycles. The maximum atomic E-state index is 13.5. The number of nitrogens with one attached hydrogen (secondary N) is 1. The highest BCUT2D eigenvalue weighted by atomic mass is 16.2. The average Bonchev–Trinajstić information content (AvgIpc) is 3.28. The normalized spacial score (nSPS) is 16.5. The summed E-state index contributed by atoms with van der Waals surface area (Å²) in [5.41, 5.74) is 4.11. The maximum Gasteiger partial charge on any atom is 0.277 e. The molecule has 2 aliphatic heterocycles. The molecule has 1 saturated heterocycles. The first-order chi connectivity index (χ1) is 15.1. The summed E-state index contributed by atoms with van der Waals surface area (Å²) in [5, 5.41) is 8.04. The van der Waals surface area contributed by atoms with E-state index in [0.717, 1.165) is 33.5 Å². The van der Waals surface area contributed by atoms with E-state index in [9.17, 15) is 9.59 Å². The lowest BCUT2D eigenvalue weighted by atomic mass is 10.0. The van der Waals surface area contributed by atoms with Gasteiger partial charge in [-0.25, -0.2) is 9.97 Å². The van der Waals surface area contributed by atoms with Gasteiger partial charge >= 0.3 is 0 Å². The molecule has 9 nitrogen and oxygen atoms in total. The van der Waals surface area contributed by atoms with Crippen molar-refractivity contribution < 1.29 is 9.59 Å². The Hall–Kier alpha value is -3.75. The van der Waals surface area contributed by atoms with Gasteiger partial charge in [0.1, 0.15) is 17.8 Å². The van der Waals surface area contributed by atoms with Gasteiger partial charge in [0, 0.05) is 43.7 Å². The fraction of sp³-hybridized carbons (Fsp3) is 0.318. The molecule has 0 atom stereocenters. The fourth-order valence-electron chi connectivity index (χ4n) is 4.49. The first kappa shape index (κ1) is 19.2. The van der Waals surface area contributed by atoms with Crippen molar-refractivity contribution >= 4 is 34.2 Å². The predicted octanol–water partition coefficient (Wildman–Crippen LogP) is 1.70. The number of H-pyrrole nitrogens is 1. The standard InChI is InChI=1S/C22H23N7O2/c1-3-18(30)27-8-10-28(11-9-27)21-15-6-7-29(22(31)19(15)23-13-24-21)20-14(2)4-5-17-16(20)12-25-26-17/h3-5,12-13H,1,6-11H2,2H3,(H,25,26). The summed E-state index contributed by atoms with van der Waals surface area (Å²) in [6.45, 7) is 8.63. The van der Waals surface area contributed by atoms with Crippen LogP contribution in [-0.2, 0) is 11.2 Å². The van der Waals surface area contributed by atoms with Crippen LogP contribution in [0.15, 0.2) is 37.3 Å². The molecule has 0 unspecified atom stereocenters. The highest BCUT2D eigenvalue weighted by molar-refractivity contribution is 6.12. The quantitative estimate of drug-likeness (QED) is 0.652. The Morgan fingerprint density at radius 1 is 1.16 bits per heavy atom. The first-order valence-corrected chi connectivity index (χ1v) is 10.3. The van der Waals surface area contributed by atoms with Crippen molar-refractivity contribution in [1.29, 1.82) is 0 Å². The largest absolute Gasteiger partial charge is 0.353 e. The van der Waals surface area contributed by atoms with Crippen LogP contribution in [0.5, 0.6) is 0 Å². The number of piperazine rings is 1. The lowest BCUT2D eigenvalue weighted by molar-refractivity contribution is -0.126. The number of nitrogens with zero attached hydrogens (tertiary/aromatic N) is 6. The van der Waals surface area contributed by atoms with E-state index >= 15 is 0 Å². The average molecular weight is 417 g/mol. The van der Waals surface area contributed by atoms with Crippen molar-refractivity contribution in [2.45, 2.75) is 13.3 Å². The van der Waals surface area contributed by atoms with E-state index in [4.69, 9.17) is 0 Å². The van der Waals surface area contributed by atoms with Crippen LogP contribution in [0, 0.1) is 6.92 Å². The molecule has 3 aromatic rings. The zero-order chi connectivity index (χ0) is 21.5. The molecule has 0 radical (unpaired) electrons. The third kappa shape index (κ3) is 3.13. The highest BCUT2D eigenvalue weighted by Crippen LogP contribution is 2.34. The number of fused-ring (bicyclic) bond motifs is 2. The van der Waals surface area contributed by atoms with Crippen LogP contribution < -0.4 is 9.80 Å². The fourth-order valence-corrected chi connectivity index (χ4v) is 4.49. The van der Waals surface area contributed by atoms with Crippen molar-refractivity contribution in [3.8, 4) is 0 Å². The monoisotopic (exact) mass is 417 g/mol. The van der Waals surface area contributed by atoms with Gasteiger partial charge in [0.05, 0.1) is 17.4 Å². The van der Waals surface area contributed by atoms with E-state index in [1.165, 1.54) is 12.4 Å². The summed E-state index contributed by atoms with van der Waals surface area (Å²) in [6, 6.07) is 3.97. The predicted molar refractivity (Wildman–Crippen MR) is 117 cm³/mol. The van der Waals surface area contributed by atoms with Gasteiger partial charge in [0.15, 0.2) is 0 Å². The van der Waals surface area contributed by atoms with E-state index in [0.29, 0.717) is 44.8 Å². The molecule has 158 valence electrons. The topological polar surface area (TPSA) is 98.3 Å². The molecule has 1 aromatic carbocycles. The second-order valence-corrected chi connectivity index (χ2v) is 7.81. The molecule has 0 saturated carbocycles. The van der Waals surface area contributed by atoms with Gasteiger partial charge in [0.25, 0.3) is 5.91 Å². The van der Waals surface area contributed by atoms with E-state index < -0.39 is 0 Å². The smallest absolute Gasteiger partial charge is 0.277 e. The molecule has 4 heterocycles. The zero-order valence-electron chi connectivity index (χ0n) is 17.3. The second kappa shape index (κ2) is 7.50. The molecule has 5 rings (SSSR count). The number of aryl methyl sites for hydroxylation is 1. The number of carbonyl (C=O) groups excluding carboxylic acids is 2. The van der Waals surface area contributed by atoms with Crippen LogP contribution in [0.3, 0.4) is 0 Å². The van der Waals surface area contributed by atoms with Crippen LogP contribution in [0.2, 0.25) is 0 Å². The number of rotatable bonds is 3.